The first-order valence-electron chi connectivity index (χ1n) is 5.74. The molecule has 0 aliphatic rings. The van der Waals surface area contributed by atoms with E-state index in [-0.39, 0.29) is 35.1 Å². The van der Waals surface area contributed by atoms with Gasteiger partial charge in [0.25, 0.3) is 0 Å². The zero-order valence-electron chi connectivity index (χ0n) is 10.3. The predicted octanol–water partition coefficient (Wildman–Crippen LogP) is 3.85. The molecule has 1 rings (SSSR count). The molecule has 0 aliphatic carbocycles. The highest BCUT2D eigenvalue weighted by Gasteiger charge is 2.30. The molecule has 1 atom stereocenters. The molecule has 0 aromatic heterocycles. The lowest BCUT2D eigenvalue weighted by atomic mass is 10.0. The van der Waals surface area contributed by atoms with Crippen LogP contribution in [0.1, 0.15) is 30.9 Å². The zero-order chi connectivity index (χ0) is 13.6. The minimum absolute atomic E-state index is 0. The lowest BCUT2D eigenvalue weighted by Gasteiger charge is -2.16. The van der Waals surface area contributed by atoms with Crippen molar-refractivity contribution in [2.75, 3.05) is 6.54 Å². The first-order chi connectivity index (χ1) is 8.44. The smallest absolute Gasteiger partial charge is 0.330 e. The van der Waals surface area contributed by atoms with Crippen molar-refractivity contribution in [2.24, 2.45) is 11.5 Å². The molecule has 2 nitrogen and oxygen atoms in total. The highest BCUT2D eigenvalue weighted by atomic mass is 35.5. The number of nitrogens with two attached hydrogens (primary N) is 2. The molecule has 19 heavy (non-hydrogen) atoms. The Labute approximate surface area is 121 Å². The Morgan fingerprint density at radius 3 is 2.37 bits per heavy atom. The molecular weight excluding hydrogens is 297 g/mol. The maximum absolute atomic E-state index is 12.4. The van der Waals surface area contributed by atoms with E-state index >= 15 is 0 Å². The van der Waals surface area contributed by atoms with Crippen molar-refractivity contribution in [3.63, 3.8) is 0 Å². The summed E-state index contributed by atoms with van der Waals surface area (Å²) < 4.78 is 37.2. The van der Waals surface area contributed by atoms with Gasteiger partial charge >= 0.3 is 5.51 Å². The molecular formula is C12H18ClF3N2S. The van der Waals surface area contributed by atoms with Crippen LogP contribution in [0.5, 0.6) is 0 Å². The monoisotopic (exact) mass is 314 g/mol. The third kappa shape index (κ3) is 7.06. The maximum Gasteiger partial charge on any atom is 0.446 e. The van der Waals surface area contributed by atoms with Crippen LogP contribution in [-0.4, -0.2) is 12.1 Å². The van der Waals surface area contributed by atoms with Gasteiger partial charge in [-0.2, -0.15) is 13.2 Å². The van der Waals surface area contributed by atoms with Gasteiger partial charge in [0, 0.05) is 10.9 Å². The van der Waals surface area contributed by atoms with Gasteiger partial charge in [-0.15, -0.1) is 12.4 Å². The normalized spacial score (nSPS) is 12.9. The summed E-state index contributed by atoms with van der Waals surface area (Å²) in [6.45, 7) is 0.575. The number of alkyl halides is 3. The van der Waals surface area contributed by atoms with E-state index in [0.29, 0.717) is 18.5 Å². The Morgan fingerprint density at radius 1 is 1.16 bits per heavy atom. The number of rotatable bonds is 6. The first-order valence-corrected chi connectivity index (χ1v) is 6.56. The van der Waals surface area contributed by atoms with Gasteiger partial charge in [0.1, 0.15) is 0 Å². The minimum Gasteiger partial charge on any atom is -0.330 e. The fraction of sp³-hybridized carbons (Fsp3) is 0.500. The molecule has 0 saturated heterocycles. The number of hydrogen-bond acceptors (Lipinski definition) is 3. The number of hydrogen-bond donors (Lipinski definition) is 2. The van der Waals surface area contributed by atoms with Crippen LogP contribution in [0.2, 0.25) is 0 Å². The van der Waals surface area contributed by atoms with Gasteiger partial charge in [-0.1, -0.05) is 24.6 Å². The number of benzene rings is 1. The van der Waals surface area contributed by atoms with Crippen molar-refractivity contribution < 1.29 is 13.2 Å². The quantitative estimate of drug-likeness (QED) is 0.619. The second-order valence-corrected chi connectivity index (χ2v) is 5.08. The Bertz CT molecular complexity index is 374. The van der Waals surface area contributed by atoms with E-state index in [4.69, 9.17) is 11.5 Å². The molecule has 0 amide bonds. The highest BCUT2D eigenvalue weighted by Crippen LogP contribution is 2.40. The molecule has 1 aromatic rings. The Balaban J connectivity index is 0.00000324. The van der Waals surface area contributed by atoms with Gasteiger partial charge in [0.15, 0.2) is 0 Å². The van der Waals surface area contributed by atoms with Crippen LogP contribution in [0.4, 0.5) is 13.2 Å². The van der Waals surface area contributed by atoms with Crippen LogP contribution in [0.15, 0.2) is 29.2 Å². The average molecular weight is 315 g/mol. The van der Waals surface area contributed by atoms with E-state index in [9.17, 15) is 13.2 Å². The largest absolute Gasteiger partial charge is 0.446 e. The van der Waals surface area contributed by atoms with Crippen molar-refractivity contribution in [3.05, 3.63) is 29.8 Å². The standard InChI is InChI=1S/C12H17F3N2S.ClH/c13-12(14,15)18-11-7-2-1-5-9(11)10(17)6-3-4-8-16;/h1-2,5,7,10H,3-4,6,8,16-17H2;1H/t10-;/m0./s1. The second-order valence-electron chi connectivity index (χ2n) is 3.98. The first kappa shape index (κ1) is 18.6. The zero-order valence-corrected chi connectivity index (χ0v) is 12.0. The number of unbranched alkanes of at least 4 members (excludes halogenated alkanes) is 1. The van der Waals surface area contributed by atoms with Crippen molar-refractivity contribution in [3.8, 4) is 0 Å². The summed E-state index contributed by atoms with van der Waals surface area (Å²) in [5.41, 5.74) is 7.57. The van der Waals surface area contributed by atoms with Crippen LogP contribution in [0, 0.1) is 0 Å². The van der Waals surface area contributed by atoms with Crippen molar-refractivity contribution in [1.29, 1.82) is 0 Å². The molecule has 0 radical (unpaired) electrons. The molecule has 0 bridgehead atoms. The number of thioether (sulfide) groups is 1. The van der Waals surface area contributed by atoms with E-state index in [1.54, 1.807) is 18.2 Å². The molecule has 0 heterocycles. The third-order valence-electron chi connectivity index (χ3n) is 2.51. The fourth-order valence-electron chi connectivity index (χ4n) is 1.67. The lowest BCUT2D eigenvalue weighted by Crippen LogP contribution is -2.13. The van der Waals surface area contributed by atoms with Crippen LogP contribution in [0.3, 0.4) is 0 Å². The minimum atomic E-state index is -4.28. The summed E-state index contributed by atoms with van der Waals surface area (Å²) in [5.74, 6) is 0. The highest BCUT2D eigenvalue weighted by molar-refractivity contribution is 8.00. The van der Waals surface area contributed by atoms with Crippen LogP contribution in [-0.2, 0) is 0 Å². The lowest BCUT2D eigenvalue weighted by molar-refractivity contribution is -0.0328. The molecule has 0 fully saturated rings. The van der Waals surface area contributed by atoms with Crippen molar-refractivity contribution in [1.82, 2.24) is 0 Å². The second kappa shape index (κ2) is 8.68. The Morgan fingerprint density at radius 2 is 1.79 bits per heavy atom. The Hall–Kier alpha value is -0.430. The summed E-state index contributed by atoms with van der Waals surface area (Å²) in [7, 11) is 0. The molecule has 4 N–H and O–H groups in total. The van der Waals surface area contributed by atoms with E-state index in [0.717, 1.165) is 12.8 Å². The molecule has 1 aromatic carbocycles. The van der Waals surface area contributed by atoms with Gasteiger partial charge in [-0.05, 0) is 42.8 Å². The van der Waals surface area contributed by atoms with E-state index in [1.165, 1.54) is 6.07 Å². The third-order valence-corrected chi connectivity index (χ3v) is 3.34. The van der Waals surface area contributed by atoms with Crippen LogP contribution >= 0.6 is 24.2 Å². The average Bonchev–Trinajstić information content (AvgIpc) is 2.27. The van der Waals surface area contributed by atoms with Crippen LogP contribution in [0.25, 0.3) is 0 Å². The van der Waals surface area contributed by atoms with Gasteiger partial charge in [0.2, 0.25) is 0 Å². The summed E-state index contributed by atoms with van der Waals surface area (Å²) in [4.78, 5) is 0.185. The van der Waals surface area contributed by atoms with E-state index < -0.39 is 5.51 Å². The maximum atomic E-state index is 12.4. The van der Waals surface area contributed by atoms with Gasteiger partial charge in [-0.25, -0.2) is 0 Å². The fourth-order valence-corrected chi connectivity index (χ4v) is 2.40. The van der Waals surface area contributed by atoms with Crippen LogP contribution < -0.4 is 11.5 Å². The molecule has 7 heteroatoms. The molecule has 0 unspecified atom stereocenters. The molecule has 0 aliphatic heterocycles. The Kier molecular flexibility index (Phi) is 8.49. The van der Waals surface area contributed by atoms with Crippen molar-refractivity contribution in [2.45, 2.75) is 35.7 Å². The van der Waals surface area contributed by atoms with E-state index in [1.807, 2.05) is 0 Å². The number of halogens is 4. The van der Waals surface area contributed by atoms with Gasteiger partial charge < -0.3 is 11.5 Å². The summed E-state index contributed by atoms with van der Waals surface area (Å²) in [6.07, 6.45) is 2.30. The molecule has 0 spiro atoms. The van der Waals surface area contributed by atoms with E-state index in [2.05, 4.69) is 0 Å². The molecule has 0 saturated carbocycles. The topological polar surface area (TPSA) is 52.0 Å². The van der Waals surface area contributed by atoms with Gasteiger partial charge in [-0.3, -0.25) is 0 Å². The summed E-state index contributed by atoms with van der Waals surface area (Å²) >= 11 is -0.110. The summed E-state index contributed by atoms with van der Waals surface area (Å²) in [6, 6.07) is 6.03. The predicted molar refractivity (Wildman–Crippen MR) is 75.4 cm³/mol. The molecule has 110 valence electrons. The SMILES string of the molecule is Cl.NCCCC[C@H](N)c1ccccc1SC(F)(F)F. The summed E-state index contributed by atoms with van der Waals surface area (Å²) in [5, 5.41) is 0. The van der Waals surface area contributed by atoms with Gasteiger partial charge in [0.05, 0.1) is 0 Å². The van der Waals surface area contributed by atoms with Crippen molar-refractivity contribution >= 4 is 24.2 Å².